The van der Waals surface area contributed by atoms with Crippen molar-refractivity contribution >= 4 is 27.3 Å². The van der Waals surface area contributed by atoms with Crippen LogP contribution in [0.25, 0.3) is 0 Å². The SMILES string of the molecule is Cc1cccc(CNS(=O)(=O)c2cc(N)ccc2Cl)n1. The fourth-order valence-electron chi connectivity index (χ4n) is 1.67. The van der Waals surface area contributed by atoms with Crippen LogP contribution in [0.3, 0.4) is 0 Å². The summed E-state index contributed by atoms with van der Waals surface area (Å²) in [7, 11) is -3.73. The molecule has 0 amide bonds. The molecule has 0 fully saturated rings. The standard InChI is InChI=1S/C13H14ClN3O2S/c1-9-3-2-4-11(17-9)8-16-20(18,19)13-7-10(15)5-6-12(13)14/h2-7,16H,8,15H2,1H3. The molecule has 0 saturated heterocycles. The molecule has 1 aromatic carbocycles. The number of rotatable bonds is 4. The van der Waals surface area contributed by atoms with Gasteiger partial charge in [-0.3, -0.25) is 4.98 Å². The van der Waals surface area contributed by atoms with Crippen LogP contribution < -0.4 is 10.5 Å². The number of aromatic nitrogens is 1. The number of benzene rings is 1. The number of pyridine rings is 1. The summed E-state index contributed by atoms with van der Waals surface area (Å²) in [6.45, 7) is 1.93. The number of aryl methyl sites for hydroxylation is 1. The number of halogens is 1. The lowest BCUT2D eigenvalue weighted by molar-refractivity contribution is 0.580. The van der Waals surface area contributed by atoms with Gasteiger partial charge in [0, 0.05) is 11.4 Å². The predicted octanol–water partition coefficient (Wildman–Crippen LogP) is 2.10. The van der Waals surface area contributed by atoms with Crippen LogP contribution in [-0.4, -0.2) is 13.4 Å². The van der Waals surface area contributed by atoms with Crippen molar-refractivity contribution in [3.8, 4) is 0 Å². The van der Waals surface area contributed by atoms with Gasteiger partial charge in [0.15, 0.2) is 0 Å². The molecule has 1 heterocycles. The fraction of sp³-hybridized carbons (Fsp3) is 0.154. The van der Waals surface area contributed by atoms with Crippen LogP contribution in [0.5, 0.6) is 0 Å². The van der Waals surface area contributed by atoms with E-state index in [0.717, 1.165) is 5.69 Å². The monoisotopic (exact) mass is 311 g/mol. The van der Waals surface area contributed by atoms with Crippen LogP contribution in [0.15, 0.2) is 41.3 Å². The Labute approximate surface area is 122 Å². The summed E-state index contributed by atoms with van der Waals surface area (Å²) >= 11 is 5.90. The first kappa shape index (κ1) is 14.8. The third kappa shape index (κ3) is 3.47. The molecule has 2 rings (SSSR count). The lowest BCUT2D eigenvalue weighted by Crippen LogP contribution is -2.24. The van der Waals surface area contributed by atoms with E-state index in [1.807, 2.05) is 19.1 Å². The molecule has 0 atom stereocenters. The highest BCUT2D eigenvalue weighted by Crippen LogP contribution is 2.23. The topological polar surface area (TPSA) is 85.1 Å². The highest BCUT2D eigenvalue weighted by molar-refractivity contribution is 7.89. The molecule has 0 aliphatic carbocycles. The van der Waals surface area contributed by atoms with E-state index in [1.165, 1.54) is 12.1 Å². The first-order valence-electron chi connectivity index (χ1n) is 5.86. The molecular weight excluding hydrogens is 298 g/mol. The van der Waals surface area contributed by atoms with E-state index in [9.17, 15) is 8.42 Å². The zero-order valence-corrected chi connectivity index (χ0v) is 12.4. The Morgan fingerprint density at radius 3 is 2.75 bits per heavy atom. The van der Waals surface area contributed by atoms with Crippen LogP contribution in [0.4, 0.5) is 5.69 Å². The largest absolute Gasteiger partial charge is 0.399 e. The number of nitrogen functional groups attached to an aromatic ring is 1. The minimum absolute atomic E-state index is 0.0354. The molecule has 0 radical (unpaired) electrons. The maximum absolute atomic E-state index is 12.2. The van der Waals surface area contributed by atoms with Crippen molar-refractivity contribution in [2.24, 2.45) is 0 Å². The first-order chi connectivity index (χ1) is 9.38. The number of nitrogens with one attached hydrogen (secondary N) is 1. The number of hydrogen-bond acceptors (Lipinski definition) is 4. The first-order valence-corrected chi connectivity index (χ1v) is 7.72. The average molecular weight is 312 g/mol. The molecule has 5 nitrogen and oxygen atoms in total. The molecule has 7 heteroatoms. The zero-order chi connectivity index (χ0) is 14.8. The Hall–Kier alpha value is -1.63. The van der Waals surface area contributed by atoms with Gasteiger partial charge in [-0.2, -0.15) is 0 Å². The van der Waals surface area contributed by atoms with Crippen molar-refractivity contribution in [2.75, 3.05) is 5.73 Å². The fourth-order valence-corrected chi connectivity index (χ4v) is 3.20. The average Bonchev–Trinajstić information content (AvgIpc) is 2.39. The van der Waals surface area contributed by atoms with Crippen molar-refractivity contribution in [3.63, 3.8) is 0 Å². The Morgan fingerprint density at radius 2 is 2.05 bits per heavy atom. The minimum atomic E-state index is -3.73. The lowest BCUT2D eigenvalue weighted by Gasteiger charge is -2.09. The number of nitrogens with zero attached hydrogens (tertiary/aromatic N) is 1. The van der Waals surface area contributed by atoms with E-state index >= 15 is 0 Å². The molecule has 0 bridgehead atoms. The molecule has 0 spiro atoms. The van der Waals surface area contributed by atoms with Crippen LogP contribution in [0, 0.1) is 6.92 Å². The van der Waals surface area contributed by atoms with E-state index < -0.39 is 10.0 Å². The van der Waals surface area contributed by atoms with Gasteiger partial charge in [0.1, 0.15) is 4.90 Å². The highest BCUT2D eigenvalue weighted by atomic mass is 35.5. The lowest BCUT2D eigenvalue weighted by atomic mass is 10.3. The molecule has 0 saturated carbocycles. The molecular formula is C13H14ClN3O2S. The minimum Gasteiger partial charge on any atom is -0.399 e. The van der Waals surface area contributed by atoms with Gasteiger partial charge in [-0.1, -0.05) is 17.7 Å². The van der Waals surface area contributed by atoms with Gasteiger partial charge in [-0.15, -0.1) is 0 Å². The molecule has 3 N–H and O–H groups in total. The maximum atomic E-state index is 12.2. The Balaban J connectivity index is 2.21. The van der Waals surface area contributed by atoms with Gasteiger partial charge in [-0.25, -0.2) is 13.1 Å². The highest BCUT2D eigenvalue weighted by Gasteiger charge is 2.18. The molecule has 2 aromatic rings. The second-order valence-corrected chi connectivity index (χ2v) is 6.43. The summed E-state index contributed by atoms with van der Waals surface area (Å²) in [5, 5.41) is 0.129. The van der Waals surface area contributed by atoms with E-state index in [2.05, 4.69) is 9.71 Å². The van der Waals surface area contributed by atoms with Crippen LogP contribution >= 0.6 is 11.6 Å². The summed E-state index contributed by atoms with van der Waals surface area (Å²) in [4.78, 5) is 4.19. The Bertz CT molecular complexity index is 732. The maximum Gasteiger partial charge on any atom is 0.242 e. The van der Waals surface area contributed by atoms with E-state index in [4.69, 9.17) is 17.3 Å². The number of sulfonamides is 1. The van der Waals surface area contributed by atoms with E-state index in [-0.39, 0.29) is 16.5 Å². The quantitative estimate of drug-likeness (QED) is 0.847. The van der Waals surface area contributed by atoms with Crippen LogP contribution in [-0.2, 0) is 16.6 Å². The zero-order valence-electron chi connectivity index (χ0n) is 10.8. The van der Waals surface area contributed by atoms with Gasteiger partial charge >= 0.3 is 0 Å². The molecule has 106 valence electrons. The third-order valence-corrected chi connectivity index (χ3v) is 4.52. The van der Waals surface area contributed by atoms with Gasteiger partial charge in [0.05, 0.1) is 17.3 Å². The molecule has 20 heavy (non-hydrogen) atoms. The molecule has 0 aliphatic rings. The van der Waals surface area contributed by atoms with Gasteiger partial charge in [0.25, 0.3) is 0 Å². The predicted molar refractivity (Wildman–Crippen MR) is 78.9 cm³/mol. The van der Waals surface area contributed by atoms with Crippen LogP contribution in [0.1, 0.15) is 11.4 Å². The van der Waals surface area contributed by atoms with Crippen molar-refractivity contribution < 1.29 is 8.42 Å². The Morgan fingerprint density at radius 1 is 1.30 bits per heavy atom. The second-order valence-electron chi connectivity index (χ2n) is 4.28. The summed E-state index contributed by atoms with van der Waals surface area (Å²) in [5.41, 5.74) is 7.38. The van der Waals surface area contributed by atoms with Gasteiger partial charge in [0.2, 0.25) is 10.0 Å². The summed E-state index contributed by atoms with van der Waals surface area (Å²) < 4.78 is 26.8. The summed E-state index contributed by atoms with van der Waals surface area (Å²) in [6.07, 6.45) is 0. The van der Waals surface area contributed by atoms with Crippen LogP contribution in [0.2, 0.25) is 5.02 Å². The number of anilines is 1. The molecule has 0 unspecified atom stereocenters. The number of nitrogens with two attached hydrogens (primary N) is 1. The summed E-state index contributed by atoms with van der Waals surface area (Å²) in [5.74, 6) is 0. The normalized spacial score (nSPS) is 11.5. The smallest absolute Gasteiger partial charge is 0.242 e. The van der Waals surface area contributed by atoms with Gasteiger partial charge < -0.3 is 5.73 Å². The van der Waals surface area contributed by atoms with Crippen molar-refractivity contribution in [2.45, 2.75) is 18.4 Å². The van der Waals surface area contributed by atoms with Crippen molar-refractivity contribution in [3.05, 3.63) is 52.8 Å². The Kier molecular flexibility index (Phi) is 4.27. The second kappa shape index (κ2) is 5.78. The molecule has 1 aromatic heterocycles. The van der Waals surface area contributed by atoms with E-state index in [1.54, 1.807) is 12.1 Å². The van der Waals surface area contributed by atoms with Crippen molar-refractivity contribution in [1.82, 2.24) is 9.71 Å². The summed E-state index contributed by atoms with van der Waals surface area (Å²) in [6, 6.07) is 9.73. The van der Waals surface area contributed by atoms with Gasteiger partial charge in [-0.05, 0) is 37.3 Å². The number of hydrogen-bond donors (Lipinski definition) is 2. The van der Waals surface area contributed by atoms with Crippen molar-refractivity contribution in [1.29, 1.82) is 0 Å². The molecule has 0 aliphatic heterocycles. The third-order valence-electron chi connectivity index (χ3n) is 2.63. The van der Waals surface area contributed by atoms with E-state index in [0.29, 0.717) is 11.4 Å².